The molecule has 0 bridgehead atoms. The minimum Gasteiger partial charge on any atom is -0.493 e. The first-order valence-electron chi connectivity index (χ1n) is 8.17. The number of anilines is 2. The van der Waals surface area contributed by atoms with Gasteiger partial charge in [-0.25, -0.2) is 9.97 Å². The molecule has 2 aromatic heterocycles. The first-order chi connectivity index (χ1) is 12.8. The standard InChI is InChI=1S/C20H18N4O2/c1-25-16-9-8-13(12-17(16)26-2)19-23-15-10-11-21-20(18(15)24-19)22-14-6-4-3-5-7-14/h3-12H,1-2H3,(H,21,22)(H,23,24). The topological polar surface area (TPSA) is 72.1 Å². The summed E-state index contributed by atoms with van der Waals surface area (Å²) in [6, 6.07) is 17.5. The minimum atomic E-state index is 0.659. The number of hydrogen-bond donors (Lipinski definition) is 2. The number of methoxy groups -OCH3 is 2. The molecule has 0 saturated heterocycles. The summed E-state index contributed by atoms with van der Waals surface area (Å²) in [7, 11) is 3.23. The van der Waals surface area contributed by atoms with E-state index in [1.807, 2.05) is 54.6 Å². The van der Waals surface area contributed by atoms with Crippen LogP contribution in [0.5, 0.6) is 11.5 Å². The van der Waals surface area contributed by atoms with Gasteiger partial charge in [-0.2, -0.15) is 0 Å². The predicted octanol–water partition coefficient (Wildman–Crippen LogP) is 4.39. The molecule has 2 heterocycles. The van der Waals surface area contributed by atoms with Crippen molar-refractivity contribution in [2.75, 3.05) is 19.5 Å². The number of H-pyrrole nitrogens is 1. The van der Waals surface area contributed by atoms with Crippen LogP contribution in [0.15, 0.2) is 60.8 Å². The highest BCUT2D eigenvalue weighted by Crippen LogP contribution is 2.33. The monoisotopic (exact) mass is 346 g/mol. The van der Waals surface area contributed by atoms with E-state index in [1.54, 1.807) is 20.4 Å². The number of hydrogen-bond acceptors (Lipinski definition) is 5. The average Bonchev–Trinajstić information content (AvgIpc) is 3.13. The molecule has 26 heavy (non-hydrogen) atoms. The molecule has 0 atom stereocenters. The van der Waals surface area contributed by atoms with Crippen molar-refractivity contribution in [1.29, 1.82) is 0 Å². The normalized spacial score (nSPS) is 10.7. The fourth-order valence-corrected chi connectivity index (χ4v) is 2.81. The maximum Gasteiger partial charge on any atom is 0.161 e. The van der Waals surface area contributed by atoms with Crippen molar-refractivity contribution in [3.63, 3.8) is 0 Å². The maximum absolute atomic E-state index is 5.38. The van der Waals surface area contributed by atoms with E-state index in [0.29, 0.717) is 17.3 Å². The van der Waals surface area contributed by atoms with Gasteiger partial charge < -0.3 is 19.8 Å². The third-order valence-electron chi connectivity index (χ3n) is 4.09. The van der Waals surface area contributed by atoms with E-state index in [9.17, 15) is 0 Å². The Bertz CT molecular complexity index is 1040. The molecule has 0 saturated carbocycles. The van der Waals surface area contributed by atoms with Gasteiger partial charge in [-0.15, -0.1) is 0 Å². The Morgan fingerprint density at radius 3 is 2.50 bits per heavy atom. The highest BCUT2D eigenvalue weighted by molar-refractivity contribution is 5.90. The lowest BCUT2D eigenvalue weighted by Crippen LogP contribution is -1.94. The highest BCUT2D eigenvalue weighted by atomic mass is 16.5. The van der Waals surface area contributed by atoms with Gasteiger partial charge in [0.1, 0.15) is 11.3 Å². The summed E-state index contributed by atoms with van der Waals surface area (Å²) in [5.74, 6) is 2.79. The zero-order chi connectivity index (χ0) is 17.9. The summed E-state index contributed by atoms with van der Waals surface area (Å²) in [4.78, 5) is 12.5. The molecule has 0 fully saturated rings. The van der Waals surface area contributed by atoms with Gasteiger partial charge in [0.25, 0.3) is 0 Å². The van der Waals surface area contributed by atoms with Gasteiger partial charge in [-0.3, -0.25) is 0 Å². The smallest absolute Gasteiger partial charge is 0.161 e. The second-order valence-electron chi connectivity index (χ2n) is 5.70. The van der Waals surface area contributed by atoms with Crippen LogP contribution in [0.1, 0.15) is 0 Å². The molecule has 0 aliphatic heterocycles. The SMILES string of the molecule is COc1ccc(-c2nc3c(Nc4ccccc4)nccc3[nH]2)cc1OC. The summed E-state index contributed by atoms with van der Waals surface area (Å²) >= 11 is 0. The first-order valence-corrected chi connectivity index (χ1v) is 8.17. The van der Waals surface area contributed by atoms with Crippen molar-refractivity contribution in [1.82, 2.24) is 15.0 Å². The molecule has 0 aliphatic carbocycles. The summed E-state index contributed by atoms with van der Waals surface area (Å²) < 4.78 is 10.7. The van der Waals surface area contributed by atoms with Gasteiger partial charge in [-0.1, -0.05) is 18.2 Å². The number of nitrogens with zero attached hydrogens (tertiary/aromatic N) is 2. The van der Waals surface area contributed by atoms with Gasteiger partial charge in [0.15, 0.2) is 17.3 Å². The number of aromatic amines is 1. The molecule has 2 N–H and O–H groups in total. The van der Waals surface area contributed by atoms with Crippen LogP contribution >= 0.6 is 0 Å². The fourth-order valence-electron chi connectivity index (χ4n) is 2.81. The van der Waals surface area contributed by atoms with Crippen molar-refractivity contribution in [2.45, 2.75) is 0 Å². The molecule has 0 unspecified atom stereocenters. The van der Waals surface area contributed by atoms with E-state index in [4.69, 9.17) is 14.5 Å². The molecular formula is C20H18N4O2. The third-order valence-corrected chi connectivity index (χ3v) is 4.09. The number of pyridine rings is 1. The van der Waals surface area contributed by atoms with E-state index in [2.05, 4.69) is 15.3 Å². The molecule has 6 heteroatoms. The Morgan fingerprint density at radius 2 is 1.73 bits per heavy atom. The van der Waals surface area contributed by atoms with E-state index in [0.717, 1.165) is 28.1 Å². The van der Waals surface area contributed by atoms with Gasteiger partial charge in [-0.05, 0) is 36.4 Å². The Kier molecular flexibility index (Phi) is 4.15. The number of aromatic nitrogens is 3. The summed E-state index contributed by atoms with van der Waals surface area (Å²) in [6.07, 6.45) is 1.75. The third kappa shape index (κ3) is 2.93. The summed E-state index contributed by atoms with van der Waals surface area (Å²) in [5, 5.41) is 3.31. The van der Waals surface area contributed by atoms with Gasteiger partial charge in [0.05, 0.1) is 19.7 Å². The highest BCUT2D eigenvalue weighted by Gasteiger charge is 2.12. The molecule has 0 amide bonds. The lowest BCUT2D eigenvalue weighted by Gasteiger charge is -2.08. The van der Waals surface area contributed by atoms with E-state index >= 15 is 0 Å². The van der Waals surface area contributed by atoms with E-state index in [1.165, 1.54) is 0 Å². The summed E-state index contributed by atoms with van der Waals surface area (Å²) in [6.45, 7) is 0. The largest absolute Gasteiger partial charge is 0.493 e. The zero-order valence-electron chi connectivity index (χ0n) is 14.5. The van der Waals surface area contributed by atoms with E-state index in [-0.39, 0.29) is 0 Å². The van der Waals surface area contributed by atoms with Gasteiger partial charge in [0, 0.05) is 17.4 Å². The van der Waals surface area contributed by atoms with Crippen LogP contribution in [-0.2, 0) is 0 Å². The van der Waals surface area contributed by atoms with Crippen LogP contribution in [0, 0.1) is 0 Å². The Hall–Kier alpha value is -3.54. The number of benzene rings is 2. The Balaban J connectivity index is 1.75. The number of fused-ring (bicyclic) bond motifs is 1. The van der Waals surface area contributed by atoms with Crippen LogP contribution in [0.4, 0.5) is 11.5 Å². The van der Waals surface area contributed by atoms with Crippen LogP contribution < -0.4 is 14.8 Å². The second kappa shape index (κ2) is 6.76. The molecular weight excluding hydrogens is 328 g/mol. The van der Waals surface area contributed by atoms with Gasteiger partial charge in [0.2, 0.25) is 0 Å². The van der Waals surface area contributed by atoms with Crippen molar-refractivity contribution >= 4 is 22.5 Å². The van der Waals surface area contributed by atoms with Crippen molar-refractivity contribution in [3.05, 3.63) is 60.8 Å². The molecule has 4 rings (SSSR count). The quantitative estimate of drug-likeness (QED) is 0.561. The minimum absolute atomic E-state index is 0.659. The second-order valence-corrected chi connectivity index (χ2v) is 5.70. The van der Waals surface area contributed by atoms with Crippen LogP contribution in [0.25, 0.3) is 22.4 Å². The average molecular weight is 346 g/mol. The zero-order valence-corrected chi connectivity index (χ0v) is 14.5. The first kappa shape index (κ1) is 16.0. The van der Waals surface area contributed by atoms with Crippen LogP contribution in [0.2, 0.25) is 0 Å². The lowest BCUT2D eigenvalue weighted by atomic mass is 10.2. The lowest BCUT2D eigenvalue weighted by molar-refractivity contribution is 0.355. The molecule has 4 aromatic rings. The van der Waals surface area contributed by atoms with Crippen molar-refractivity contribution < 1.29 is 9.47 Å². The number of para-hydroxylation sites is 1. The van der Waals surface area contributed by atoms with Crippen molar-refractivity contribution in [2.24, 2.45) is 0 Å². The number of ether oxygens (including phenoxy) is 2. The molecule has 130 valence electrons. The fraction of sp³-hybridized carbons (Fsp3) is 0.100. The van der Waals surface area contributed by atoms with Gasteiger partial charge >= 0.3 is 0 Å². The van der Waals surface area contributed by atoms with E-state index < -0.39 is 0 Å². The number of nitrogens with one attached hydrogen (secondary N) is 2. The maximum atomic E-state index is 5.38. The molecule has 2 aromatic carbocycles. The summed E-state index contributed by atoms with van der Waals surface area (Å²) in [5.41, 5.74) is 3.55. The van der Waals surface area contributed by atoms with Crippen molar-refractivity contribution in [3.8, 4) is 22.9 Å². The Morgan fingerprint density at radius 1 is 0.923 bits per heavy atom. The molecule has 0 radical (unpaired) electrons. The molecule has 0 spiro atoms. The molecule has 0 aliphatic rings. The number of imidazole rings is 1. The molecule has 6 nitrogen and oxygen atoms in total. The van der Waals surface area contributed by atoms with Crippen LogP contribution in [-0.4, -0.2) is 29.2 Å². The predicted molar refractivity (Wildman–Crippen MR) is 102 cm³/mol. The number of rotatable bonds is 5. The Labute approximate surface area is 150 Å². The van der Waals surface area contributed by atoms with Crippen LogP contribution in [0.3, 0.4) is 0 Å².